The number of methoxy groups -OCH3 is 2. The zero-order valence-corrected chi connectivity index (χ0v) is 12.6. The number of hydrogen-bond acceptors (Lipinski definition) is 6. The van der Waals surface area contributed by atoms with E-state index in [9.17, 15) is 9.59 Å². The first-order valence-corrected chi connectivity index (χ1v) is 6.71. The molecule has 3 atom stereocenters. The molecule has 0 amide bonds. The van der Waals surface area contributed by atoms with E-state index in [1.54, 1.807) is 0 Å². The molecule has 1 saturated carbocycles. The summed E-state index contributed by atoms with van der Waals surface area (Å²) in [6, 6.07) is 0. The molecule has 2 aliphatic rings. The second kappa shape index (κ2) is 4.75. The van der Waals surface area contributed by atoms with Gasteiger partial charge in [0.2, 0.25) is 0 Å². The predicted octanol–water partition coefficient (Wildman–Crippen LogP) is 1.53. The third-order valence-electron chi connectivity index (χ3n) is 4.16. The Balaban J connectivity index is 2.43. The molecule has 1 heterocycles. The molecular formula is C14H21NO5. The summed E-state index contributed by atoms with van der Waals surface area (Å²) in [5.41, 5.74) is -0.787. The van der Waals surface area contributed by atoms with E-state index in [4.69, 9.17) is 14.3 Å². The minimum atomic E-state index is -1.36. The highest BCUT2D eigenvalue weighted by Crippen LogP contribution is 2.51. The zero-order valence-electron chi connectivity index (χ0n) is 12.6. The van der Waals surface area contributed by atoms with Gasteiger partial charge in [-0.2, -0.15) is 0 Å². The SMILES string of the molecule is COC(=O)C1CCC2C(C(C)(C)C)=NOC12C(=O)OC. The number of hydrogen-bond donors (Lipinski definition) is 0. The van der Waals surface area contributed by atoms with Gasteiger partial charge in [-0.1, -0.05) is 25.9 Å². The van der Waals surface area contributed by atoms with Crippen molar-refractivity contribution in [3.05, 3.63) is 0 Å². The third-order valence-corrected chi connectivity index (χ3v) is 4.16. The van der Waals surface area contributed by atoms with Crippen LogP contribution in [0.1, 0.15) is 33.6 Å². The highest BCUT2D eigenvalue weighted by atomic mass is 16.7. The predicted molar refractivity (Wildman–Crippen MR) is 71.0 cm³/mol. The number of oxime groups is 1. The van der Waals surface area contributed by atoms with E-state index >= 15 is 0 Å². The van der Waals surface area contributed by atoms with Gasteiger partial charge in [0.1, 0.15) is 5.92 Å². The summed E-state index contributed by atoms with van der Waals surface area (Å²) in [5.74, 6) is -1.92. The smallest absolute Gasteiger partial charge is 0.354 e. The molecule has 0 aromatic heterocycles. The number of ether oxygens (including phenoxy) is 2. The first-order valence-electron chi connectivity index (χ1n) is 6.71. The maximum absolute atomic E-state index is 12.3. The number of rotatable bonds is 2. The van der Waals surface area contributed by atoms with Crippen molar-refractivity contribution in [2.24, 2.45) is 22.4 Å². The normalized spacial score (nSPS) is 32.1. The van der Waals surface area contributed by atoms with Crippen molar-refractivity contribution in [2.75, 3.05) is 14.2 Å². The molecule has 1 fully saturated rings. The Kier molecular flexibility index (Phi) is 3.52. The fourth-order valence-electron chi connectivity index (χ4n) is 3.24. The summed E-state index contributed by atoms with van der Waals surface area (Å²) in [6.45, 7) is 6.02. The Morgan fingerprint density at radius 2 is 1.90 bits per heavy atom. The first-order chi connectivity index (χ1) is 9.29. The number of nitrogens with zero attached hydrogens (tertiary/aromatic N) is 1. The van der Waals surface area contributed by atoms with E-state index in [2.05, 4.69) is 5.16 Å². The summed E-state index contributed by atoms with van der Waals surface area (Å²) in [6.07, 6.45) is 1.19. The van der Waals surface area contributed by atoms with Crippen LogP contribution in [0.5, 0.6) is 0 Å². The molecule has 1 aliphatic heterocycles. The van der Waals surface area contributed by atoms with Crippen LogP contribution in [0, 0.1) is 17.3 Å². The van der Waals surface area contributed by atoms with Crippen LogP contribution in [-0.4, -0.2) is 37.5 Å². The molecule has 20 heavy (non-hydrogen) atoms. The molecule has 0 saturated heterocycles. The van der Waals surface area contributed by atoms with Gasteiger partial charge in [-0.3, -0.25) is 4.79 Å². The van der Waals surface area contributed by atoms with E-state index in [0.29, 0.717) is 12.8 Å². The van der Waals surface area contributed by atoms with Crippen molar-refractivity contribution >= 4 is 17.7 Å². The number of fused-ring (bicyclic) bond motifs is 1. The Morgan fingerprint density at radius 1 is 1.25 bits per heavy atom. The minimum absolute atomic E-state index is 0.231. The summed E-state index contributed by atoms with van der Waals surface area (Å²) < 4.78 is 9.68. The van der Waals surface area contributed by atoms with Gasteiger partial charge in [-0.05, 0) is 12.8 Å². The lowest BCUT2D eigenvalue weighted by atomic mass is 9.74. The molecular weight excluding hydrogens is 262 g/mol. The fraction of sp³-hybridized carbons (Fsp3) is 0.786. The van der Waals surface area contributed by atoms with Crippen LogP contribution in [0.3, 0.4) is 0 Å². The van der Waals surface area contributed by atoms with Crippen molar-refractivity contribution in [3.8, 4) is 0 Å². The molecule has 6 heteroatoms. The molecule has 112 valence electrons. The van der Waals surface area contributed by atoms with Crippen molar-refractivity contribution in [2.45, 2.75) is 39.2 Å². The zero-order chi connectivity index (χ0) is 15.1. The highest BCUT2D eigenvalue weighted by Gasteiger charge is 2.68. The van der Waals surface area contributed by atoms with E-state index < -0.39 is 23.5 Å². The lowest BCUT2D eigenvalue weighted by molar-refractivity contribution is -0.183. The molecule has 1 aliphatic carbocycles. The minimum Gasteiger partial charge on any atom is -0.469 e. The van der Waals surface area contributed by atoms with Crippen molar-refractivity contribution in [1.29, 1.82) is 0 Å². The number of carbonyl (C=O) groups excluding carboxylic acids is 2. The standard InChI is InChI=1S/C14H21NO5/c1-13(2,3)10-8-6-7-9(11(16)18-4)14(8,20-15-10)12(17)19-5/h8-9H,6-7H2,1-5H3. The fourth-order valence-corrected chi connectivity index (χ4v) is 3.24. The van der Waals surface area contributed by atoms with Crippen LogP contribution in [0.2, 0.25) is 0 Å². The molecule has 2 rings (SSSR count). The average Bonchev–Trinajstić information content (AvgIpc) is 2.92. The maximum atomic E-state index is 12.3. The molecule has 3 unspecified atom stereocenters. The van der Waals surface area contributed by atoms with Gasteiger partial charge in [-0.25, -0.2) is 4.79 Å². The van der Waals surface area contributed by atoms with Gasteiger partial charge in [0, 0.05) is 5.41 Å². The second-order valence-corrected chi connectivity index (χ2v) is 6.31. The van der Waals surface area contributed by atoms with Gasteiger partial charge in [0.05, 0.1) is 25.8 Å². The first kappa shape index (κ1) is 14.8. The van der Waals surface area contributed by atoms with Gasteiger partial charge in [0.25, 0.3) is 5.60 Å². The van der Waals surface area contributed by atoms with Crippen LogP contribution >= 0.6 is 0 Å². The van der Waals surface area contributed by atoms with E-state index in [0.717, 1.165) is 5.71 Å². The molecule has 6 nitrogen and oxygen atoms in total. The van der Waals surface area contributed by atoms with Crippen LogP contribution < -0.4 is 0 Å². The Morgan fingerprint density at radius 3 is 2.40 bits per heavy atom. The second-order valence-electron chi connectivity index (χ2n) is 6.31. The van der Waals surface area contributed by atoms with Crippen molar-refractivity contribution in [3.63, 3.8) is 0 Å². The van der Waals surface area contributed by atoms with Gasteiger partial charge < -0.3 is 14.3 Å². The average molecular weight is 283 g/mol. The summed E-state index contributed by atoms with van der Waals surface area (Å²) in [7, 11) is 2.60. The van der Waals surface area contributed by atoms with Crippen molar-refractivity contribution < 1.29 is 23.9 Å². The summed E-state index contributed by atoms with van der Waals surface area (Å²) >= 11 is 0. The van der Waals surface area contributed by atoms with Gasteiger partial charge in [0.15, 0.2) is 0 Å². The lowest BCUT2D eigenvalue weighted by Gasteiger charge is -2.30. The van der Waals surface area contributed by atoms with Crippen LogP contribution in [0.15, 0.2) is 5.16 Å². The van der Waals surface area contributed by atoms with Gasteiger partial charge in [-0.15, -0.1) is 0 Å². The van der Waals surface area contributed by atoms with Crippen molar-refractivity contribution in [1.82, 2.24) is 0 Å². The summed E-state index contributed by atoms with van der Waals surface area (Å²) in [5, 5.41) is 4.11. The van der Waals surface area contributed by atoms with Crippen LogP contribution in [-0.2, 0) is 23.9 Å². The van der Waals surface area contributed by atoms with E-state index in [-0.39, 0.29) is 11.3 Å². The molecule has 0 aromatic rings. The summed E-state index contributed by atoms with van der Waals surface area (Å²) in [4.78, 5) is 29.8. The molecule has 0 spiro atoms. The number of carbonyl (C=O) groups is 2. The molecule has 0 radical (unpaired) electrons. The lowest BCUT2D eigenvalue weighted by Crippen LogP contribution is -2.52. The Bertz CT molecular complexity index is 465. The Hall–Kier alpha value is -1.59. The van der Waals surface area contributed by atoms with Crippen LogP contribution in [0.4, 0.5) is 0 Å². The monoisotopic (exact) mass is 283 g/mol. The third kappa shape index (κ3) is 1.89. The maximum Gasteiger partial charge on any atom is 0.354 e. The Labute approximate surface area is 118 Å². The van der Waals surface area contributed by atoms with Gasteiger partial charge >= 0.3 is 11.9 Å². The van der Waals surface area contributed by atoms with E-state index in [1.807, 2.05) is 20.8 Å². The molecule has 0 N–H and O–H groups in total. The van der Waals surface area contributed by atoms with Crippen LogP contribution in [0.25, 0.3) is 0 Å². The largest absolute Gasteiger partial charge is 0.469 e. The number of esters is 2. The van der Waals surface area contributed by atoms with E-state index in [1.165, 1.54) is 14.2 Å². The molecule has 0 aromatic carbocycles. The quantitative estimate of drug-likeness (QED) is 0.718. The topological polar surface area (TPSA) is 74.2 Å². The highest BCUT2D eigenvalue weighted by molar-refractivity contribution is 6.01. The molecule has 0 bridgehead atoms.